The molecule has 1 N–H and O–H groups in total. The Morgan fingerprint density at radius 3 is 2.89 bits per heavy atom. The zero-order chi connectivity index (χ0) is 18.1. The van der Waals surface area contributed by atoms with Crippen molar-refractivity contribution < 1.29 is 4.52 Å². The highest BCUT2D eigenvalue weighted by atomic mass is 16.5. The number of H-pyrrole nitrogens is 1. The Morgan fingerprint density at radius 1 is 1.11 bits per heavy atom. The van der Waals surface area contributed by atoms with E-state index >= 15 is 0 Å². The second-order valence-corrected chi connectivity index (χ2v) is 6.72. The van der Waals surface area contributed by atoms with Crippen LogP contribution in [0.4, 0.5) is 0 Å². The summed E-state index contributed by atoms with van der Waals surface area (Å²) in [6.07, 6.45) is 6.96. The summed E-state index contributed by atoms with van der Waals surface area (Å²) in [4.78, 5) is 14.6. The molecule has 4 heterocycles. The van der Waals surface area contributed by atoms with E-state index in [-0.39, 0.29) is 0 Å². The summed E-state index contributed by atoms with van der Waals surface area (Å²) in [6, 6.07) is 14.0. The van der Waals surface area contributed by atoms with Gasteiger partial charge in [0.1, 0.15) is 5.65 Å². The van der Waals surface area contributed by atoms with Crippen LogP contribution in [0, 0.1) is 0 Å². The molecular weight excluding hydrogens is 338 g/mol. The fourth-order valence-electron chi connectivity index (χ4n) is 3.49. The molecule has 1 aliphatic rings. The lowest BCUT2D eigenvalue weighted by Crippen LogP contribution is -2.28. The third-order valence-electron chi connectivity index (χ3n) is 4.96. The first-order valence-corrected chi connectivity index (χ1v) is 9.09. The number of hydrogen-bond donors (Lipinski definition) is 1. The number of nitrogens with one attached hydrogen (secondary N) is 1. The van der Waals surface area contributed by atoms with Crippen molar-refractivity contribution in [3.8, 4) is 11.4 Å². The van der Waals surface area contributed by atoms with Crippen molar-refractivity contribution in [3.63, 3.8) is 0 Å². The van der Waals surface area contributed by atoms with Gasteiger partial charge in [-0.05, 0) is 24.1 Å². The van der Waals surface area contributed by atoms with Crippen LogP contribution in [0.25, 0.3) is 28.0 Å². The second-order valence-electron chi connectivity index (χ2n) is 6.72. The summed E-state index contributed by atoms with van der Waals surface area (Å²) in [5.74, 6) is 1.27. The SMILES string of the molecule is C1=C(c2nc(-c3ccccc3)no2)CCN(Cc2c[nH]c3ncccc23)C1. The van der Waals surface area contributed by atoms with Gasteiger partial charge in [0.25, 0.3) is 5.89 Å². The molecule has 0 fully saturated rings. The van der Waals surface area contributed by atoms with Gasteiger partial charge >= 0.3 is 0 Å². The lowest BCUT2D eigenvalue weighted by Gasteiger charge is -2.24. The number of pyridine rings is 1. The minimum atomic E-state index is 0.629. The molecule has 0 spiro atoms. The van der Waals surface area contributed by atoms with Crippen LogP contribution in [0.1, 0.15) is 17.9 Å². The monoisotopic (exact) mass is 357 g/mol. The summed E-state index contributed by atoms with van der Waals surface area (Å²) in [5.41, 5.74) is 4.32. The van der Waals surface area contributed by atoms with Gasteiger partial charge in [-0.1, -0.05) is 41.6 Å². The smallest absolute Gasteiger partial charge is 0.253 e. The summed E-state index contributed by atoms with van der Waals surface area (Å²) in [7, 11) is 0. The minimum Gasteiger partial charge on any atom is -0.346 e. The Kier molecular flexibility index (Phi) is 4.03. The Morgan fingerprint density at radius 2 is 2.04 bits per heavy atom. The van der Waals surface area contributed by atoms with Gasteiger partial charge in [0, 0.05) is 48.6 Å². The molecule has 0 atom stereocenters. The first kappa shape index (κ1) is 16.0. The van der Waals surface area contributed by atoms with Crippen molar-refractivity contribution >= 4 is 16.6 Å². The van der Waals surface area contributed by atoms with E-state index in [0.717, 1.165) is 42.8 Å². The van der Waals surface area contributed by atoms with Crippen LogP contribution >= 0.6 is 0 Å². The van der Waals surface area contributed by atoms with E-state index in [0.29, 0.717) is 11.7 Å². The number of aromatic amines is 1. The maximum absolute atomic E-state index is 5.50. The number of benzene rings is 1. The van der Waals surface area contributed by atoms with Crippen molar-refractivity contribution in [1.29, 1.82) is 0 Å². The lowest BCUT2D eigenvalue weighted by molar-refractivity contribution is 0.292. The summed E-state index contributed by atoms with van der Waals surface area (Å²) in [6.45, 7) is 2.72. The normalized spacial score (nSPS) is 15.2. The van der Waals surface area contributed by atoms with Crippen molar-refractivity contribution in [2.45, 2.75) is 13.0 Å². The molecule has 5 rings (SSSR count). The molecule has 0 aliphatic carbocycles. The quantitative estimate of drug-likeness (QED) is 0.600. The predicted octanol–water partition coefficient (Wildman–Crippen LogP) is 3.90. The Bertz CT molecular complexity index is 1100. The number of hydrogen-bond acceptors (Lipinski definition) is 5. The largest absolute Gasteiger partial charge is 0.346 e. The number of rotatable bonds is 4. The molecule has 0 radical (unpaired) electrons. The Balaban J connectivity index is 1.29. The van der Waals surface area contributed by atoms with Crippen molar-refractivity contribution in [3.05, 3.63) is 72.4 Å². The number of fused-ring (bicyclic) bond motifs is 1. The van der Waals surface area contributed by atoms with Gasteiger partial charge in [0.2, 0.25) is 5.82 Å². The first-order valence-electron chi connectivity index (χ1n) is 9.09. The number of nitrogens with zero attached hydrogens (tertiary/aromatic N) is 4. The summed E-state index contributed by atoms with van der Waals surface area (Å²) in [5, 5.41) is 5.32. The van der Waals surface area contributed by atoms with E-state index in [1.807, 2.05) is 42.6 Å². The van der Waals surface area contributed by atoms with Crippen LogP contribution in [0.5, 0.6) is 0 Å². The van der Waals surface area contributed by atoms with E-state index in [1.165, 1.54) is 10.9 Å². The summed E-state index contributed by atoms with van der Waals surface area (Å²) < 4.78 is 5.50. The van der Waals surface area contributed by atoms with Crippen LogP contribution < -0.4 is 0 Å². The van der Waals surface area contributed by atoms with E-state index in [1.54, 1.807) is 0 Å². The molecule has 3 aromatic heterocycles. The highest BCUT2D eigenvalue weighted by Gasteiger charge is 2.19. The van der Waals surface area contributed by atoms with Crippen LogP contribution in [0.2, 0.25) is 0 Å². The maximum Gasteiger partial charge on any atom is 0.253 e. The molecule has 0 unspecified atom stereocenters. The Hall–Kier alpha value is -3.25. The molecule has 1 aromatic carbocycles. The topological polar surface area (TPSA) is 70.8 Å². The van der Waals surface area contributed by atoms with E-state index in [2.05, 4.69) is 43.3 Å². The summed E-state index contributed by atoms with van der Waals surface area (Å²) >= 11 is 0. The first-order chi connectivity index (χ1) is 13.4. The molecule has 0 saturated carbocycles. The van der Waals surface area contributed by atoms with Gasteiger partial charge in [0.05, 0.1) is 0 Å². The average Bonchev–Trinajstić information content (AvgIpc) is 3.37. The molecule has 1 aliphatic heterocycles. The van der Waals surface area contributed by atoms with Gasteiger partial charge < -0.3 is 9.51 Å². The fraction of sp³-hybridized carbons (Fsp3) is 0.190. The van der Waals surface area contributed by atoms with Gasteiger partial charge in [-0.2, -0.15) is 4.98 Å². The van der Waals surface area contributed by atoms with E-state index in [4.69, 9.17) is 4.52 Å². The van der Waals surface area contributed by atoms with Crippen LogP contribution in [-0.4, -0.2) is 38.1 Å². The minimum absolute atomic E-state index is 0.629. The maximum atomic E-state index is 5.50. The van der Waals surface area contributed by atoms with Gasteiger partial charge in [-0.3, -0.25) is 4.90 Å². The van der Waals surface area contributed by atoms with Gasteiger partial charge in [0.15, 0.2) is 0 Å². The molecule has 6 nitrogen and oxygen atoms in total. The van der Waals surface area contributed by atoms with Crippen molar-refractivity contribution in [2.24, 2.45) is 0 Å². The highest BCUT2D eigenvalue weighted by molar-refractivity contribution is 5.79. The van der Waals surface area contributed by atoms with Crippen LogP contribution in [0.3, 0.4) is 0 Å². The van der Waals surface area contributed by atoms with Gasteiger partial charge in [-0.15, -0.1) is 0 Å². The van der Waals surface area contributed by atoms with E-state index in [9.17, 15) is 0 Å². The number of aromatic nitrogens is 4. The molecule has 4 aromatic rings. The molecule has 27 heavy (non-hydrogen) atoms. The Labute approximate surface area is 156 Å². The molecule has 0 bridgehead atoms. The van der Waals surface area contributed by atoms with Gasteiger partial charge in [-0.25, -0.2) is 4.98 Å². The zero-order valence-corrected chi connectivity index (χ0v) is 14.8. The van der Waals surface area contributed by atoms with Crippen LogP contribution in [-0.2, 0) is 6.54 Å². The third kappa shape index (κ3) is 3.15. The fourth-order valence-corrected chi connectivity index (χ4v) is 3.49. The standard InChI is InChI=1S/C21H19N5O/c1-2-5-15(6-3-1)19-24-21(27-25-19)16-8-11-26(12-9-16)14-17-13-23-20-18(17)7-4-10-22-20/h1-8,10,13H,9,11-12,14H2,(H,22,23). The molecule has 6 heteroatoms. The second kappa shape index (κ2) is 6.81. The highest BCUT2D eigenvalue weighted by Crippen LogP contribution is 2.25. The van der Waals surface area contributed by atoms with Crippen molar-refractivity contribution in [2.75, 3.05) is 13.1 Å². The predicted molar refractivity (Wildman–Crippen MR) is 104 cm³/mol. The lowest BCUT2D eigenvalue weighted by atomic mass is 10.1. The molecular formula is C21H19N5O. The van der Waals surface area contributed by atoms with Crippen LogP contribution in [0.15, 0.2) is 65.5 Å². The molecule has 134 valence electrons. The molecule has 0 saturated heterocycles. The van der Waals surface area contributed by atoms with E-state index < -0.39 is 0 Å². The van der Waals surface area contributed by atoms with Crippen molar-refractivity contribution in [1.82, 2.24) is 25.0 Å². The molecule has 0 amide bonds. The third-order valence-corrected chi connectivity index (χ3v) is 4.96. The zero-order valence-electron chi connectivity index (χ0n) is 14.8. The average molecular weight is 357 g/mol.